The van der Waals surface area contributed by atoms with Crippen LogP contribution >= 0.6 is 0 Å². The van der Waals surface area contributed by atoms with Crippen LogP contribution in [-0.2, 0) is 6.18 Å². The van der Waals surface area contributed by atoms with E-state index in [0.717, 1.165) is 12.3 Å². The first-order chi connectivity index (χ1) is 12.7. The summed E-state index contributed by atoms with van der Waals surface area (Å²) in [6, 6.07) is 10.7. The Hall–Kier alpha value is -3.09. The molecule has 0 aliphatic rings. The Morgan fingerprint density at radius 1 is 1.07 bits per heavy atom. The summed E-state index contributed by atoms with van der Waals surface area (Å²) in [5, 5.41) is 9.81. The number of aromatic nitrogens is 2. The van der Waals surface area contributed by atoms with E-state index in [-0.39, 0.29) is 5.92 Å². The molecule has 0 fully saturated rings. The van der Waals surface area contributed by atoms with E-state index in [1.165, 1.54) is 18.3 Å². The number of aromatic hydroxyl groups is 1. The highest BCUT2D eigenvalue weighted by atomic mass is 19.4. The minimum Gasteiger partial charge on any atom is -0.503 e. The van der Waals surface area contributed by atoms with Gasteiger partial charge in [-0.1, -0.05) is 26.0 Å². The first-order valence-corrected chi connectivity index (χ1v) is 8.26. The smallest absolute Gasteiger partial charge is 0.433 e. The Balaban J connectivity index is 2.13. The normalized spacial score (nSPS) is 11.8. The zero-order valence-corrected chi connectivity index (χ0v) is 14.7. The highest BCUT2D eigenvalue weighted by Gasteiger charge is 2.32. The average molecular weight is 374 g/mol. The molecule has 2 heterocycles. The summed E-state index contributed by atoms with van der Waals surface area (Å²) in [5.41, 5.74) is 0.797. The van der Waals surface area contributed by atoms with Crippen molar-refractivity contribution in [2.75, 3.05) is 0 Å². The number of pyridine rings is 2. The summed E-state index contributed by atoms with van der Waals surface area (Å²) in [5.74, 6) is -0.396. The fourth-order valence-corrected chi connectivity index (χ4v) is 2.81. The predicted molar refractivity (Wildman–Crippen MR) is 96.0 cm³/mol. The summed E-state index contributed by atoms with van der Waals surface area (Å²) >= 11 is 0. The van der Waals surface area contributed by atoms with Gasteiger partial charge < -0.3 is 9.67 Å². The van der Waals surface area contributed by atoms with Gasteiger partial charge in [-0.25, -0.2) is 0 Å². The second kappa shape index (κ2) is 6.90. The van der Waals surface area contributed by atoms with Crippen LogP contribution in [0.2, 0.25) is 0 Å². The van der Waals surface area contributed by atoms with Crippen molar-refractivity contribution in [3.8, 4) is 22.6 Å². The zero-order valence-electron chi connectivity index (χ0n) is 14.7. The predicted octanol–water partition coefficient (Wildman–Crippen LogP) is 4.75. The van der Waals surface area contributed by atoms with Gasteiger partial charge in [-0.2, -0.15) is 13.2 Å². The third kappa shape index (κ3) is 3.86. The van der Waals surface area contributed by atoms with Crippen molar-refractivity contribution in [1.82, 2.24) is 9.55 Å². The summed E-state index contributed by atoms with van der Waals surface area (Å²) in [7, 11) is 0. The van der Waals surface area contributed by atoms with Crippen molar-refractivity contribution in [1.29, 1.82) is 0 Å². The van der Waals surface area contributed by atoms with Crippen molar-refractivity contribution in [2.24, 2.45) is 0 Å². The first-order valence-electron chi connectivity index (χ1n) is 8.26. The third-order valence-electron chi connectivity index (χ3n) is 4.16. The molecule has 0 amide bonds. The quantitative estimate of drug-likeness (QED) is 0.720. The van der Waals surface area contributed by atoms with Crippen LogP contribution in [0.15, 0.2) is 59.7 Å². The van der Waals surface area contributed by atoms with E-state index in [9.17, 15) is 23.1 Å². The van der Waals surface area contributed by atoms with Gasteiger partial charge in [0.2, 0.25) is 5.43 Å². The van der Waals surface area contributed by atoms with Gasteiger partial charge in [-0.3, -0.25) is 9.78 Å². The molecule has 2 aromatic heterocycles. The maximum Gasteiger partial charge on any atom is 0.433 e. The van der Waals surface area contributed by atoms with Crippen LogP contribution < -0.4 is 5.43 Å². The molecular weight excluding hydrogens is 357 g/mol. The Morgan fingerprint density at radius 3 is 2.44 bits per heavy atom. The Kier molecular flexibility index (Phi) is 4.78. The molecule has 1 N–H and O–H groups in total. The van der Waals surface area contributed by atoms with E-state index in [0.29, 0.717) is 22.5 Å². The summed E-state index contributed by atoms with van der Waals surface area (Å²) in [4.78, 5) is 15.1. The lowest BCUT2D eigenvalue weighted by atomic mass is 10.0. The lowest BCUT2D eigenvalue weighted by Crippen LogP contribution is -2.12. The molecule has 3 aromatic rings. The molecule has 0 bridgehead atoms. The maximum atomic E-state index is 12.9. The van der Waals surface area contributed by atoms with Crippen LogP contribution in [0.5, 0.6) is 5.75 Å². The van der Waals surface area contributed by atoms with Crippen LogP contribution in [-0.4, -0.2) is 14.7 Å². The number of hydrogen-bond donors (Lipinski definition) is 1. The van der Waals surface area contributed by atoms with Crippen molar-refractivity contribution in [2.45, 2.75) is 25.9 Å². The van der Waals surface area contributed by atoms with Crippen molar-refractivity contribution in [3.05, 3.63) is 76.5 Å². The van der Waals surface area contributed by atoms with E-state index in [1.807, 2.05) is 13.8 Å². The minimum absolute atomic E-state index is 0.000265. The highest BCUT2D eigenvalue weighted by Crippen LogP contribution is 2.31. The molecule has 0 aliphatic carbocycles. The van der Waals surface area contributed by atoms with Crippen LogP contribution in [0.4, 0.5) is 13.2 Å². The molecule has 0 atom stereocenters. The third-order valence-corrected chi connectivity index (χ3v) is 4.16. The molecule has 0 saturated carbocycles. The van der Waals surface area contributed by atoms with E-state index in [1.54, 1.807) is 28.8 Å². The zero-order chi connectivity index (χ0) is 19.8. The number of hydrogen-bond acceptors (Lipinski definition) is 3. The fourth-order valence-electron chi connectivity index (χ4n) is 2.81. The highest BCUT2D eigenvalue weighted by molar-refractivity contribution is 5.66. The SMILES string of the molecule is CC(C)c1cc(=O)c(O)cn1-c1cccc(-c2ccnc(C(F)(F)F)c2)c1. The average Bonchev–Trinajstić information content (AvgIpc) is 2.63. The molecule has 4 nitrogen and oxygen atoms in total. The second-order valence-electron chi connectivity index (χ2n) is 6.45. The monoisotopic (exact) mass is 374 g/mol. The van der Waals surface area contributed by atoms with Gasteiger partial charge >= 0.3 is 6.18 Å². The minimum atomic E-state index is -4.52. The topological polar surface area (TPSA) is 55.1 Å². The first kappa shape index (κ1) is 18.7. The van der Waals surface area contributed by atoms with E-state index in [2.05, 4.69) is 4.98 Å². The Bertz CT molecular complexity index is 1040. The van der Waals surface area contributed by atoms with Crippen molar-refractivity contribution in [3.63, 3.8) is 0 Å². The van der Waals surface area contributed by atoms with Gasteiger partial charge in [0, 0.05) is 23.6 Å². The number of benzene rings is 1. The standard InChI is InChI=1S/C20H17F3N2O2/c1-12(2)16-10-17(26)18(27)11-25(16)15-5-3-4-13(8-15)14-6-7-24-19(9-14)20(21,22)23/h3-12,27H,1-2H3. The van der Waals surface area contributed by atoms with E-state index >= 15 is 0 Å². The Labute approximate surface area is 153 Å². The van der Waals surface area contributed by atoms with E-state index in [4.69, 9.17) is 0 Å². The molecule has 0 aliphatic heterocycles. The molecular formula is C20H17F3N2O2. The van der Waals surface area contributed by atoms with Gasteiger partial charge in [0.25, 0.3) is 0 Å². The summed E-state index contributed by atoms with van der Waals surface area (Å²) < 4.78 is 40.4. The lowest BCUT2D eigenvalue weighted by Gasteiger charge is -2.17. The maximum absolute atomic E-state index is 12.9. The molecule has 0 radical (unpaired) electrons. The number of nitrogens with zero attached hydrogens (tertiary/aromatic N) is 2. The summed E-state index contributed by atoms with van der Waals surface area (Å²) in [6.07, 6.45) is -2.08. The molecule has 1 aromatic carbocycles. The van der Waals surface area contributed by atoms with Crippen LogP contribution in [0, 0.1) is 0 Å². The van der Waals surface area contributed by atoms with Crippen LogP contribution in [0.1, 0.15) is 31.2 Å². The van der Waals surface area contributed by atoms with Crippen LogP contribution in [0.25, 0.3) is 16.8 Å². The van der Waals surface area contributed by atoms with Gasteiger partial charge in [-0.15, -0.1) is 0 Å². The molecule has 27 heavy (non-hydrogen) atoms. The van der Waals surface area contributed by atoms with Gasteiger partial charge in [0.15, 0.2) is 5.75 Å². The number of halogens is 3. The number of rotatable bonds is 3. The molecule has 0 spiro atoms. The van der Waals surface area contributed by atoms with Gasteiger partial charge in [0.1, 0.15) is 5.69 Å². The molecule has 0 saturated heterocycles. The molecule has 7 heteroatoms. The van der Waals surface area contributed by atoms with Gasteiger partial charge in [0.05, 0.1) is 6.20 Å². The number of alkyl halides is 3. The van der Waals surface area contributed by atoms with Crippen molar-refractivity contribution >= 4 is 0 Å². The molecule has 0 unspecified atom stereocenters. The van der Waals surface area contributed by atoms with E-state index < -0.39 is 23.0 Å². The molecule has 140 valence electrons. The van der Waals surface area contributed by atoms with Crippen molar-refractivity contribution < 1.29 is 18.3 Å². The largest absolute Gasteiger partial charge is 0.503 e. The summed E-state index contributed by atoms with van der Waals surface area (Å²) in [6.45, 7) is 3.81. The lowest BCUT2D eigenvalue weighted by molar-refractivity contribution is -0.141. The van der Waals surface area contributed by atoms with Crippen LogP contribution in [0.3, 0.4) is 0 Å². The second-order valence-corrected chi connectivity index (χ2v) is 6.45. The molecule has 3 rings (SSSR count). The van der Waals surface area contributed by atoms with Gasteiger partial charge in [-0.05, 0) is 41.3 Å². The Morgan fingerprint density at radius 2 is 1.78 bits per heavy atom. The fraction of sp³-hybridized carbons (Fsp3) is 0.200.